The lowest BCUT2D eigenvalue weighted by molar-refractivity contribution is 0.372. The maximum absolute atomic E-state index is 11.1. The Morgan fingerprint density at radius 1 is 1.38 bits per heavy atom. The lowest BCUT2D eigenvalue weighted by Gasteiger charge is -2.26. The highest BCUT2D eigenvalue weighted by molar-refractivity contribution is 7.99. The first-order chi connectivity index (χ1) is 7.51. The molecule has 96 valence electrons. The second kappa shape index (κ2) is 6.87. The number of nitrogens with one attached hydrogen (secondary N) is 1. The van der Waals surface area contributed by atoms with Gasteiger partial charge in [-0.05, 0) is 50.2 Å². The predicted molar refractivity (Wildman–Crippen MR) is 71.8 cm³/mol. The van der Waals surface area contributed by atoms with Gasteiger partial charge in [0.25, 0.3) is 0 Å². The second-order valence-electron chi connectivity index (χ2n) is 4.70. The van der Waals surface area contributed by atoms with E-state index in [2.05, 4.69) is 5.32 Å². The van der Waals surface area contributed by atoms with Gasteiger partial charge in [0, 0.05) is 12.3 Å². The van der Waals surface area contributed by atoms with Crippen molar-refractivity contribution in [2.24, 2.45) is 5.92 Å². The predicted octanol–water partition coefficient (Wildman–Crippen LogP) is 1.54. The van der Waals surface area contributed by atoms with Crippen molar-refractivity contribution in [2.45, 2.75) is 31.7 Å². The van der Waals surface area contributed by atoms with Crippen molar-refractivity contribution in [1.82, 2.24) is 5.32 Å². The molecule has 1 heterocycles. The minimum absolute atomic E-state index is 0.306. The van der Waals surface area contributed by atoms with Crippen LogP contribution in [0.1, 0.15) is 25.7 Å². The van der Waals surface area contributed by atoms with Crippen LogP contribution in [-0.4, -0.2) is 45.0 Å². The van der Waals surface area contributed by atoms with Crippen LogP contribution < -0.4 is 5.32 Å². The van der Waals surface area contributed by atoms with Gasteiger partial charge in [-0.1, -0.05) is 0 Å². The van der Waals surface area contributed by atoms with Gasteiger partial charge in [-0.25, -0.2) is 8.42 Å². The molecule has 1 aliphatic heterocycles. The number of sulfone groups is 1. The van der Waals surface area contributed by atoms with E-state index >= 15 is 0 Å². The molecule has 0 spiro atoms. The Bertz CT molecular complexity index is 284. The minimum Gasteiger partial charge on any atom is -0.317 e. The topological polar surface area (TPSA) is 46.2 Å². The standard InChI is InChI=1S/C11H23NO2S2/c1-12-11(5-8-16(2,13)14)9-10-3-6-15-7-4-10/h10-12H,3-9H2,1-2H3. The molecule has 0 bridgehead atoms. The smallest absolute Gasteiger partial charge is 0.147 e. The van der Waals surface area contributed by atoms with Crippen LogP contribution in [-0.2, 0) is 9.84 Å². The number of rotatable bonds is 6. The fourth-order valence-electron chi connectivity index (χ4n) is 2.12. The average molecular weight is 265 g/mol. The quantitative estimate of drug-likeness (QED) is 0.791. The van der Waals surface area contributed by atoms with E-state index in [0.29, 0.717) is 11.8 Å². The molecular weight excluding hydrogens is 242 g/mol. The molecular formula is C11H23NO2S2. The summed E-state index contributed by atoms with van der Waals surface area (Å²) < 4.78 is 22.2. The Hall–Kier alpha value is 0.260. The van der Waals surface area contributed by atoms with Crippen molar-refractivity contribution >= 4 is 21.6 Å². The Morgan fingerprint density at radius 2 is 2.00 bits per heavy atom. The summed E-state index contributed by atoms with van der Waals surface area (Å²) in [6.07, 6.45) is 5.78. The van der Waals surface area contributed by atoms with Crippen molar-refractivity contribution in [3.63, 3.8) is 0 Å². The highest BCUT2D eigenvalue weighted by Gasteiger charge is 2.19. The molecule has 1 atom stereocenters. The van der Waals surface area contributed by atoms with Gasteiger partial charge in [0.15, 0.2) is 0 Å². The summed E-state index contributed by atoms with van der Waals surface area (Å²) in [6.45, 7) is 0. The van der Waals surface area contributed by atoms with E-state index in [4.69, 9.17) is 0 Å². The first-order valence-electron chi connectivity index (χ1n) is 5.94. The molecule has 1 aliphatic rings. The third-order valence-corrected chi connectivity index (χ3v) is 5.23. The van der Waals surface area contributed by atoms with Gasteiger partial charge in [-0.3, -0.25) is 0 Å². The van der Waals surface area contributed by atoms with Crippen LogP contribution in [0.4, 0.5) is 0 Å². The lowest BCUT2D eigenvalue weighted by Crippen LogP contribution is -2.31. The van der Waals surface area contributed by atoms with Crippen LogP contribution in [0.15, 0.2) is 0 Å². The van der Waals surface area contributed by atoms with Gasteiger partial charge in [0.2, 0.25) is 0 Å². The number of hydrogen-bond donors (Lipinski definition) is 1. The highest BCUT2D eigenvalue weighted by atomic mass is 32.2. The van der Waals surface area contributed by atoms with Crippen molar-refractivity contribution < 1.29 is 8.42 Å². The van der Waals surface area contributed by atoms with Gasteiger partial charge in [-0.2, -0.15) is 11.8 Å². The molecule has 1 unspecified atom stereocenters. The van der Waals surface area contributed by atoms with Crippen molar-refractivity contribution in [1.29, 1.82) is 0 Å². The van der Waals surface area contributed by atoms with E-state index in [1.807, 2.05) is 18.8 Å². The second-order valence-corrected chi connectivity index (χ2v) is 8.18. The number of thioether (sulfide) groups is 1. The summed E-state index contributed by atoms with van der Waals surface area (Å²) in [6, 6.07) is 0.364. The molecule has 0 aromatic rings. The molecule has 0 aromatic heterocycles. The van der Waals surface area contributed by atoms with Crippen LogP contribution in [0.2, 0.25) is 0 Å². The van der Waals surface area contributed by atoms with Crippen molar-refractivity contribution in [3.8, 4) is 0 Å². The molecule has 0 aliphatic carbocycles. The van der Waals surface area contributed by atoms with Crippen LogP contribution >= 0.6 is 11.8 Å². The van der Waals surface area contributed by atoms with Crippen LogP contribution in [0.5, 0.6) is 0 Å². The largest absolute Gasteiger partial charge is 0.317 e. The Kier molecular flexibility index (Phi) is 6.15. The fourth-order valence-corrected chi connectivity index (χ4v) is 4.04. The monoisotopic (exact) mass is 265 g/mol. The summed E-state index contributed by atoms with van der Waals surface area (Å²) in [7, 11) is -0.879. The zero-order valence-electron chi connectivity index (χ0n) is 10.2. The zero-order valence-corrected chi connectivity index (χ0v) is 11.9. The maximum atomic E-state index is 11.1. The van der Waals surface area contributed by atoms with E-state index in [9.17, 15) is 8.42 Å². The first kappa shape index (κ1) is 14.3. The summed E-state index contributed by atoms with van der Waals surface area (Å²) in [5.74, 6) is 3.64. The van der Waals surface area contributed by atoms with Crippen molar-refractivity contribution in [3.05, 3.63) is 0 Å². The maximum Gasteiger partial charge on any atom is 0.147 e. The van der Waals surface area contributed by atoms with E-state index < -0.39 is 9.84 Å². The minimum atomic E-state index is -2.81. The zero-order chi connectivity index (χ0) is 12.0. The molecule has 3 nitrogen and oxygen atoms in total. The van der Waals surface area contributed by atoms with Gasteiger partial charge < -0.3 is 5.32 Å². The highest BCUT2D eigenvalue weighted by Crippen LogP contribution is 2.26. The lowest BCUT2D eigenvalue weighted by atomic mass is 9.93. The molecule has 0 amide bonds. The Balaban J connectivity index is 2.30. The van der Waals surface area contributed by atoms with Gasteiger partial charge >= 0.3 is 0 Å². The molecule has 0 saturated carbocycles. The van der Waals surface area contributed by atoms with Crippen molar-refractivity contribution in [2.75, 3.05) is 30.6 Å². The summed E-state index contributed by atoms with van der Waals surface area (Å²) in [5, 5.41) is 3.25. The third kappa shape index (κ3) is 6.11. The first-order valence-corrected chi connectivity index (χ1v) is 9.15. The molecule has 5 heteroatoms. The van der Waals surface area contributed by atoms with Gasteiger partial charge in [0.05, 0.1) is 5.75 Å². The molecule has 1 fully saturated rings. The third-order valence-electron chi connectivity index (χ3n) is 3.20. The van der Waals surface area contributed by atoms with Gasteiger partial charge in [0.1, 0.15) is 9.84 Å². The van der Waals surface area contributed by atoms with E-state index in [0.717, 1.165) is 18.8 Å². The summed E-state index contributed by atoms with van der Waals surface area (Å²) in [4.78, 5) is 0. The molecule has 0 aromatic carbocycles. The van der Waals surface area contributed by atoms with Crippen LogP contribution in [0, 0.1) is 5.92 Å². The Labute approximate surface area is 104 Å². The Morgan fingerprint density at radius 3 is 2.50 bits per heavy atom. The average Bonchev–Trinajstić information content (AvgIpc) is 2.24. The van der Waals surface area contributed by atoms with Gasteiger partial charge in [-0.15, -0.1) is 0 Å². The number of hydrogen-bond acceptors (Lipinski definition) is 4. The normalized spacial score (nSPS) is 20.9. The van der Waals surface area contributed by atoms with E-state index in [1.54, 1.807) is 0 Å². The summed E-state index contributed by atoms with van der Waals surface area (Å²) in [5.41, 5.74) is 0. The molecule has 1 N–H and O–H groups in total. The SMILES string of the molecule is CNC(CCS(C)(=O)=O)CC1CCSCC1. The van der Waals surface area contributed by atoms with E-state index in [1.165, 1.54) is 30.6 Å². The summed E-state index contributed by atoms with van der Waals surface area (Å²) >= 11 is 2.03. The van der Waals surface area contributed by atoms with Crippen LogP contribution in [0.3, 0.4) is 0 Å². The molecule has 1 saturated heterocycles. The molecule has 1 rings (SSSR count). The van der Waals surface area contributed by atoms with Crippen LogP contribution in [0.25, 0.3) is 0 Å². The molecule has 0 radical (unpaired) electrons. The fraction of sp³-hybridized carbons (Fsp3) is 1.00. The molecule has 16 heavy (non-hydrogen) atoms. The van der Waals surface area contributed by atoms with E-state index in [-0.39, 0.29) is 0 Å².